The lowest BCUT2D eigenvalue weighted by atomic mass is 10.1. The minimum Gasteiger partial charge on any atom is -0.366 e. The quantitative estimate of drug-likeness (QED) is 0.906. The summed E-state index contributed by atoms with van der Waals surface area (Å²) in [6.07, 6.45) is 0. The van der Waals surface area contributed by atoms with Crippen LogP contribution in [0.25, 0.3) is 0 Å². The molecule has 0 aliphatic carbocycles. The first kappa shape index (κ1) is 14.3. The van der Waals surface area contributed by atoms with E-state index in [9.17, 15) is 9.59 Å². The molecule has 0 heterocycles. The molecule has 0 fully saturated rings. The molecule has 0 aliphatic rings. The number of anilines is 1. The summed E-state index contributed by atoms with van der Waals surface area (Å²) >= 11 is 3.35. The Morgan fingerprint density at radius 3 is 2.50 bits per heavy atom. The van der Waals surface area contributed by atoms with Gasteiger partial charge in [0.25, 0.3) is 11.8 Å². The molecule has 2 aromatic carbocycles. The first-order valence-corrected chi connectivity index (χ1v) is 6.74. The molecule has 0 spiro atoms. The summed E-state index contributed by atoms with van der Waals surface area (Å²) in [5, 5.41) is 2.70. The van der Waals surface area contributed by atoms with E-state index < -0.39 is 5.91 Å². The van der Waals surface area contributed by atoms with Crippen LogP contribution in [0.3, 0.4) is 0 Å². The zero-order valence-corrected chi connectivity index (χ0v) is 12.4. The maximum absolute atomic E-state index is 12.2. The highest BCUT2D eigenvalue weighted by Gasteiger charge is 2.12. The first-order chi connectivity index (χ1) is 9.47. The van der Waals surface area contributed by atoms with Gasteiger partial charge in [-0.2, -0.15) is 0 Å². The van der Waals surface area contributed by atoms with Gasteiger partial charge in [-0.05, 0) is 42.8 Å². The fraction of sp³-hybridized carbons (Fsp3) is 0.0667. The molecule has 2 amide bonds. The van der Waals surface area contributed by atoms with Crippen LogP contribution >= 0.6 is 15.9 Å². The van der Waals surface area contributed by atoms with Gasteiger partial charge in [0.15, 0.2) is 0 Å². The van der Waals surface area contributed by atoms with Crippen molar-refractivity contribution in [3.8, 4) is 0 Å². The molecule has 4 nitrogen and oxygen atoms in total. The predicted molar refractivity (Wildman–Crippen MR) is 81.8 cm³/mol. The fourth-order valence-electron chi connectivity index (χ4n) is 1.87. The van der Waals surface area contributed by atoms with E-state index in [2.05, 4.69) is 21.2 Å². The third-order valence-electron chi connectivity index (χ3n) is 2.75. The minimum atomic E-state index is -0.577. The van der Waals surface area contributed by atoms with Gasteiger partial charge in [0.1, 0.15) is 0 Å². The van der Waals surface area contributed by atoms with Gasteiger partial charge in [0.2, 0.25) is 0 Å². The molecular formula is C15H13BrN2O2. The van der Waals surface area contributed by atoms with Crippen molar-refractivity contribution in [3.05, 3.63) is 63.6 Å². The Balaban J connectivity index is 2.30. The number of primary amides is 1. The summed E-state index contributed by atoms with van der Waals surface area (Å²) in [6.45, 7) is 1.90. The average Bonchev–Trinajstić information content (AvgIpc) is 2.37. The van der Waals surface area contributed by atoms with E-state index >= 15 is 0 Å². The molecule has 102 valence electrons. The van der Waals surface area contributed by atoms with Gasteiger partial charge in [-0.25, -0.2) is 0 Å². The van der Waals surface area contributed by atoms with Crippen LogP contribution < -0.4 is 11.1 Å². The average molecular weight is 333 g/mol. The summed E-state index contributed by atoms with van der Waals surface area (Å²) in [7, 11) is 0. The number of hydrogen-bond acceptors (Lipinski definition) is 2. The van der Waals surface area contributed by atoms with Gasteiger partial charge in [0, 0.05) is 10.0 Å². The molecule has 0 saturated heterocycles. The number of para-hydroxylation sites is 1. The Morgan fingerprint density at radius 1 is 1.15 bits per heavy atom. The molecule has 0 atom stereocenters. The van der Waals surface area contributed by atoms with Crippen LogP contribution in [0.2, 0.25) is 0 Å². The van der Waals surface area contributed by atoms with Crippen LogP contribution in [0.4, 0.5) is 5.69 Å². The maximum Gasteiger partial charge on any atom is 0.255 e. The van der Waals surface area contributed by atoms with Gasteiger partial charge in [0.05, 0.1) is 11.3 Å². The molecule has 20 heavy (non-hydrogen) atoms. The molecule has 0 aromatic heterocycles. The van der Waals surface area contributed by atoms with Crippen LogP contribution in [-0.4, -0.2) is 11.8 Å². The van der Waals surface area contributed by atoms with E-state index in [1.807, 2.05) is 13.0 Å². The number of halogens is 1. The lowest BCUT2D eigenvalue weighted by Crippen LogP contribution is -2.18. The fourth-order valence-corrected chi connectivity index (χ4v) is 2.48. The number of hydrogen-bond donors (Lipinski definition) is 2. The van der Waals surface area contributed by atoms with Gasteiger partial charge in [-0.15, -0.1) is 0 Å². The number of rotatable bonds is 3. The van der Waals surface area contributed by atoms with Gasteiger partial charge in [-0.3, -0.25) is 9.59 Å². The van der Waals surface area contributed by atoms with Crippen molar-refractivity contribution in [2.45, 2.75) is 6.92 Å². The Morgan fingerprint density at radius 2 is 1.85 bits per heavy atom. The largest absolute Gasteiger partial charge is 0.366 e. The standard InChI is InChI=1S/C15H13BrN2O2/c1-9-6-10(8-11(16)7-9)15(20)18-13-5-3-2-4-12(13)14(17)19/h2-8H,1H3,(H2,17,19)(H,18,20). The molecule has 0 unspecified atom stereocenters. The normalized spacial score (nSPS) is 10.1. The van der Waals surface area contributed by atoms with Gasteiger partial charge >= 0.3 is 0 Å². The zero-order chi connectivity index (χ0) is 14.7. The molecule has 2 aromatic rings. The van der Waals surface area contributed by atoms with Crippen molar-refractivity contribution in [1.29, 1.82) is 0 Å². The van der Waals surface area contributed by atoms with Crippen molar-refractivity contribution in [2.24, 2.45) is 5.73 Å². The van der Waals surface area contributed by atoms with Gasteiger partial charge in [-0.1, -0.05) is 28.1 Å². The van der Waals surface area contributed by atoms with Crippen molar-refractivity contribution >= 4 is 33.4 Å². The predicted octanol–water partition coefficient (Wildman–Crippen LogP) is 3.11. The highest BCUT2D eigenvalue weighted by molar-refractivity contribution is 9.10. The summed E-state index contributed by atoms with van der Waals surface area (Å²) in [5.41, 5.74) is 7.45. The number of carbonyl (C=O) groups excluding carboxylic acids is 2. The van der Waals surface area contributed by atoms with Crippen molar-refractivity contribution in [2.75, 3.05) is 5.32 Å². The number of nitrogens with one attached hydrogen (secondary N) is 1. The summed E-state index contributed by atoms with van der Waals surface area (Å²) in [5.74, 6) is -0.866. The lowest BCUT2D eigenvalue weighted by Gasteiger charge is -2.09. The lowest BCUT2D eigenvalue weighted by molar-refractivity contribution is 0.100. The van der Waals surface area contributed by atoms with Gasteiger partial charge < -0.3 is 11.1 Å². The highest BCUT2D eigenvalue weighted by atomic mass is 79.9. The van der Waals surface area contributed by atoms with Crippen LogP contribution in [0.5, 0.6) is 0 Å². The van der Waals surface area contributed by atoms with E-state index in [0.717, 1.165) is 10.0 Å². The summed E-state index contributed by atoms with van der Waals surface area (Å²) < 4.78 is 0.825. The summed E-state index contributed by atoms with van der Waals surface area (Å²) in [6, 6.07) is 12.0. The minimum absolute atomic E-state index is 0.285. The summed E-state index contributed by atoms with van der Waals surface area (Å²) in [4.78, 5) is 23.5. The van der Waals surface area contributed by atoms with E-state index in [1.54, 1.807) is 36.4 Å². The molecule has 2 rings (SSSR count). The van der Waals surface area contributed by atoms with Crippen LogP contribution in [-0.2, 0) is 0 Å². The van der Waals surface area contributed by atoms with Crippen LogP contribution in [0, 0.1) is 6.92 Å². The van der Waals surface area contributed by atoms with Crippen molar-refractivity contribution in [1.82, 2.24) is 0 Å². The van der Waals surface area contributed by atoms with E-state index in [0.29, 0.717) is 11.3 Å². The smallest absolute Gasteiger partial charge is 0.255 e. The molecule has 0 radical (unpaired) electrons. The zero-order valence-electron chi connectivity index (χ0n) is 10.8. The number of aryl methyl sites for hydroxylation is 1. The molecular weight excluding hydrogens is 320 g/mol. The SMILES string of the molecule is Cc1cc(Br)cc(C(=O)Nc2ccccc2C(N)=O)c1. The van der Waals surface area contributed by atoms with Crippen molar-refractivity contribution < 1.29 is 9.59 Å². The Hall–Kier alpha value is -2.14. The molecule has 0 aliphatic heterocycles. The monoisotopic (exact) mass is 332 g/mol. The second-order valence-corrected chi connectivity index (χ2v) is 5.30. The van der Waals surface area contributed by atoms with Crippen LogP contribution in [0.15, 0.2) is 46.9 Å². The van der Waals surface area contributed by atoms with Crippen LogP contribution in [0.1, 0.15) is 26.3 Å². The molecule has 5 heteroatoms. The van der Waals surface area contributed by atoms with E-state index in [4.69, 9.17) is 5.73 Å². The van der Waals surface area contributed by atoms with E-state index in [-0.39, 0.29) is 11.5 Å². The molecule has 0 saturated carbocycles. The molecule has 3 N–H and O–H groups in total. The highest BCUT2D eigenvalue weighted by Crippen LogP contribution is 2.19. The third kappa shape index (κ3) is 3.24. The topological polar surface area (TPSA) is 72.2 Å². The second kappa shape index (κ2) is 5.88. The Kier molecular flexibility index (Phi) is 4.20. The van der Waals surface area contributed by atoms with Crippen molar-refractivity contribution in [3.63, 3.8) is 0 Å². The number of amides is 2. The number of benzene rings is 2. The first-order valence-electron chi connectivity index (χ1n) is 5.95. The van der Waals surface area contributed by atoms with E-state index in [1.165, 1.54) is 0 Å². The maximum atomic E-state index is 12.2. The Bertz CT molecular complexity index is 663. The Labute approximate surface area is 125 Å². The molecule has 0 bridgehead atoms. The number of nitrogens with two attached hydrogens (primary N) is 1. The second-order valence-electron chi connectivity index (χ2n) is 4.38. The number of carbonyl (C=O) groups is 2. The third-order valence-corrected chi connectivity index (χ3v) is 3.20.